The van der Waals surface area contributed by atoms with E-state index in [-0.39, 0.29) is 48.5 Å². The van der Waals surface area contributed by atoms with Crippen LogP contribution in [0.2, 0.25) is 0 Å². The molecule has 6 rings (SSSR count). The summed E-state index contributed by atoms with van der Waals surface area (Å²) in [6.07, 6.45) is 3.70. The third-order valence-electron chi connectivity index (χ3n) is 6.98. The lowest BCUT2D eigenvalue weighted by molar-refractivity contribution is 0.0694. The Morgan fingerprint density at radius 1 is 1.23 bits per heavy atom. The number of nitrogens with zero attached hydrogens (tertiary/aromatic N) is 4. The summed E-state index contributed by atoms with van der Waals surface area (Å²) in [5, 5.41) is 13.7. The standard InChI is InChI=1S/C26H26FN5O6.CH4O3S/c27-19-8-17-23(33)18(26(34)35)11-32(16-2-3-16)24(17)29-25(19)31-10-15(9-28)20(12-31)30-38-13-14-1-4-21-22(7-14)37-6-5-36-21;1-5(2,3)4/h1,4,7-8,11,15-16H,2-3,5-6,9-10,12-13,28H2,(H,34,35);1H3,(H,2,3,4)/b30-20+;. The molecule has 2 aliphatic heterocycles. The quantitative estimate of drug-likeness (QED) is 0.257. The molecule has 2 fully saturated rings. The molecular formula is C27H30FN5O9S. The highest BCUT2D eigenvalue weighted by atomic mass is 32.2. The molecule has 1 saturated carbocycles. The first-order chi connectivity index (χ1) is 20.4. The van der Waals surface area contributed by atoms with Gasteiger partial charge in [-0.05, 0) is 36.6 Å². The number of carboxylic acid groups (broad SMARTS) is 1. The summed E-state index contributed by atoms with van der Waals surface area (Å²) < 4.78 is 54.0. The number of nitrogens with two attached hydrogens (primary N) is 1. The SMILES string of the molecule is CS(=O)(=O)O.NCC1CN(c2nc3c(cc2F)c(=O)c(C(=O)O)cn3C2CC2)C/C1=N\OCc1ccc2c(c1)OCCO2. The molecule has 4 N–H and O–H groups in total. The molecule has 1 saturated heterocycles. The van der Waals surface area contributed by atoms with Gasteiger partial charge in [0.05, 0.1) is 23.9 Å². The minimum Gasteiger partial charge on any atom is -0.486 e. The Morgan fingerprint density at radius 2 is 1.93 bits per heavy atom. The van der Waals surface area contributed by atoms with E-state index in [1.54, 1.807) is 9.47 Å². The van der Waals surface area contributed by atoms with Gasteiger partial charge in [-0.1, -0.05) is 11.2 Å². The fraction of sp³-hybridized carbons (Fsp3) is 0.407. The number of ether oxygens (including phenoxy) is 2. The van der Waals surface area contributed by atoms with Crippen LogP contribution in [0.1, 0.15) is 34.8 Å². The summed E-state index contributed by atoms with van der Waals surface area (Å²) in [5.74, 6) is -0.823. The molecule has 1 atom stereocenters. The maximum atomic E-state index is 15.3. The highest BCUT2D eigenvalue weighted by Gasteiger charge is 2.33. The second-order valence-corrected chi connectivity index (χ2v) is 11.8. The van der Waals surface area contributed by atoms with Gasteiger partial charge in [0.25, 0.3) is 10.1 Å². The van der Waals surface area contributed by atoms with E-state index in [0.29, 0.717) is 43.2 Å². The lowest BCUT2D eigenvalue weighted by Gasteiger charge is -2.19. The first-order valence-corrected chi connectivity index (χ1v) is 15.2. The fourth-order valence-electron chi connectivity index (χ4n) is 4.85. The Hall–Kier alpha value is -4.28. The fourth-order valence-corrected chi connectivity index (χ4v) is 4.85. The Labute approximate surface area is 245 Å². The van der Waals surface area contributed by atoms with Crippen LogP contribution < -0.4 is 25.5 Å². The molecule has 0 radical (unpaired) electrons. The molecule has 4 heterocycles. The number of halogens is 1. The van der Waals surface area contributed by atoms with Crippen molar-refractivity contribution in [3.63, 3.8) is 0 Å². The van der Waals surface area contributed by atoms with E-state index in [1.165, 1.54) is 6.20 Å². The molecule has 0 amide bonds. The second-order valence-electron chi connectivity index (χ2n) is 10.4. The average Bonchev–Trinajstić information content (AvgIpc) is 3.71. The Morgan fingerprint density at radius 3 is 2.58 bits per heavy atom. The zero-order chi connectivity index (χ0) is 30.9. The third kappa shape index (κ3) is 7.03. The van der Waals surface area contributed by atoms with Crippen LogP contribution in [0, 0.1) is 11.7 Å². The van der Waals surface area contributed by atoms with Crippen molar-refractivity contribution in [3.8, 4) is 11.5 Å². The van der Waals surface area contributed by atoms with Crippen LogP contribution in [0.25, 0.3) is 11.0 Å². The van der Waals surface area contributed by atoms with E-state index < -0.39 is 32.9 Å². The number of rotatable bonds is 7. The van der Waals surface area contributed by atoms with Gasteiger partial charge in [-0.2, -0.15) is 8.42 Å². The maximum absolute atomic E-state index is 15.3. The summed E-state index contributed by atoms with van der Waals surface area (Å²) >= 11 is 0. The monoisotopic (exact) mass is 619 g/mol. The van der Waals surface area contributed by atoms with E-state index in [0.717, 1.165) is 24.5 Å². The molecular weight excluding hydrogens is 589 g/mol. The van der Waals surface area contributed by atoms with E-state index in [4.69, 9.17) is 24.6 Å². The normalized spacial score (nSPS) is 18.8. The molecule has 2 aromatic heterocycles. The Balaban J connectivity index is 0.000000682. The van der Waals surface area contributed by atoms with Crippen LogP contribution in [0.15, 0.2) is 40.4 Å². The first-order valence-electron chi connectivity index (χ1n) is 13.4. The van der Waals surface area contributed by atoms with Crippen molar-refractivity contribution in [2.75, 3.05) is 44.0 Å². The lowest BCUT2D eigenvalue weighted by atomic mass is 10.1. The van der Waals surface area contributed by atoms with Crippen LogP contribution in [0.5, 0.6) is 11.5 Å². The molecule has 1 aliphatic carbocycles. The summed E-state index contributed by atoms with van der Waals surface area (Å²) in [5.41, 5.74) is 6.62. The number of anilines is 1. The second kappa shape index (κ2) is 12.1. The number of benzene rings is 1. The van der Waals surface area contributed by atoms with E-state index in [9.17, 15) is 23.1 Å². The average molecular weight is 620 g/mol. The van der Waals surface area contributed by atoms with Gasteiger partial charge in [0.1, 0.15) is 31.0 Å². The van der Waals surface area contributed by atoms with Crippen molar-refractivity contribution in [2.45, 2.75) is 25.5 Å². The number of pyridine rings is 2. The van der Waals surface area contributed by atoms with Crippen LogP contribution in [-0.4, -0.2) is 78.4 Å². The molecule has 0 spiro atoms. The number of fused-ring (bicyclic) bond motifs is 2. The summed E-state index contributed by atoms with van der Waals surface area (Å²) in [7, 11) is -3.67. The van der Waals surface area contributed by atoms with Crippen molar-refractivity contribution in [1.29, 1.82) is 0 Å². The van der Waals surface area contributed by atoms with Crippen molar-refractivity contribution in [1.82, 2.24) is 9.55 Å². The molecule has 14 nitrogen and oxygen atoms in total. The largest absolute Gasteiger partial charge is 0.486 e. The summed E-state index contributed by atoms with van der Waals surface area (Å²) in [6, 6.07) is 6.66. The van der Waals surface area contributed by atoms with Gasteiger partial charge >= 0.3 is 5.97 Å². The predicted octanol–water partition coefficient (Wildman–Crippen LogP) is 1.81. The zero-order valence-electron chi connectivity index (χ0n) is 23.1. The third-order valence-corrected chi connectivity index (χ3v) is 6.98. The van der Waals surface area contributed by atoms with Crippen LogP contribution >= 0.6 is 0 Å². The number of carbonyl (C=O) groups is 1. The highest BCUT2D eigenvalue weighted by molar-refractivity contribution is 7.85. The first kappa shape index (κ1) is 30.2. The van der Waals surface area contributed by atoms with E-state index in [2.05, 4.69) is 10.1 Å². The number of oxime groups is 1. The molecule has 3 aliphatic rings. The predicted molar refractivity (Wildman–Crippen MR) is 153 cm³/mol. The van der Waals surface area contributed by atoms with Crippen molar-refractivity contribution in [2.24, 2.45) is 16.8 Å². The topological polar surface area (TPSA) is 196 Å². The molecule has 43 heavy (non-hydrogen) atoms. The number of aromatic nitrogens is 2. The number of hydrogen-bond acceptors (Lipinski definition) is 11. The number of aromatic carboxylic acids is 1. The molecule has 3 aromatic rings. The van der Waals surface area contributed by atoms with Crippen LogP contribution in [0.3, 0.4) is 0 Å². The number of hydrogen-bond donors (Lipinski definition) is 3. The smallest absolute Gasteiger partial charge is 0.341 e. The van der Waals surface area contributed by atoms with Gasteiger partial charge in [0.15, 0.2) is 23.1 Å². The maximum Gasteiger partial charge on any atom is 0.341 e. The van der Waals surface area contributed by atoms with Crippen LogP contribution in [-0.2, 0) is 21.6 Å². The minimum absolute atomic E-state index is 0.0310. The van der Waals surface area contributed by atoms with Gasteiger partial charge < -0.3 is 34.6 Å². The lowest BCUT2D eigenvalue weighted by Crippen LogP contribution is -2.26. The van der Waals surface area contributed by atoms with Gasteiger partial charge in [-0.15, -0.1) is 0 Å². The van der Waals surface area contributed by atoms with Gasteiger partial charge in [-0.3, -0.25) is 9.35 Å². The van der Waals surface area contributed by atoms with Crippen molar-refractivity contribution < 1.29 is 41.6 Å². The molecule has 1 aromatic carbocycles. The molecule has 230 valence electrons. The van der Waals surface area contributed by atoms with E-state index >= 15 is 4.39 Å². The number of carboxylic acids is 1. The molecule has 16 heteroatoms. The minimum atomic E-state index is -3.67. The Bertz CT molecular complexity index is 1750. The van der Waals surface area contributed by atoms with E-state index in [1.807, 2.05) is 18.2 Å². The van der Waals surface area contributed by atoms with Crippen molar-refractivity contribution in [3.05, 3.63) is 57.6 Å². The molecule has 1 unspecified atom stereocenters. The Kier molecular flexibility index (Phi) is 8.52. The van der Waals surface area contributed by atoms with Crippen molar-refractivity contribution >= 4 is 38.7 Å². The highest BCUT2D eigenvalue weighted by Crippen LogP contribution is 2.37. The van der Waals surface area contributed by atoms with Crippen LogP contribution in [0.4, 0.5) is 10.2 Å². The summed E-state index contributed by atoms with van der Waals surface area (Å²) in [4.78, 5) is 36.2. The van der Waals surface area contributed by atoms with Gasteiger partial charge in [-0.25, -0.2) is 14.2 Å². The molecule has 0 bridgehead atoms. The van der Waals surface area contributed by atoms with Gasteiger partial charge in [0.2, 0.25) is 5.43 Å². The zero-order valence-corrected chi connectivity index (χ0v) is 23.9. The summed E-state index contributed by atoms with van der Waals surface area (Å²) in [6.45, 7) is 2.12. The van der Waals surface area contributed by atoms with Gasteiger partial charge in [0, 0.05) is 31.2 Å².